The van der Waals surface area contributed by atoms with Crippen LogP contribution in [0.1, 0.15) is 32.1 Å². The molecule has 1 aliphatic carbocycles. The summed E-state index contributed by atoms with van der Waals surface area (Å²) in [4.78, 5) is 15.0. The topological polar surface area (TPSA) is 17.1 Å². The number of ketones is 1. The van der Waals surface area contributed by atoms with Crippen molar-refractivity contribution in [3.8, 4) is 0 Å². The fourth-order valence-electron chi connectivity index (χ4n) is 2.75. The van der Waals surface area contributed by atoms with Crippen LogP contribution in [-0.4, -0.2) is 5.78 Å². The monoisotopic (exact) mass is 284 g/mol. The van der Waals surface area contributed by atoms with Gasteiger partial charge in [0.15, 0.2) is 0 Å². The predicted octanol–water partition coefficient (Wildman–Crippen LogP) is 4.68. The van der Waals surface area contributed by atoms with Gasteiger partial charge in [0.2, 0.25) is 5.78 Å². The van der Waals surface area contributed by atoms with Gasteiger partial charge in [-0.1, -0.05) is 12.1 Å². The SMILES string of the molecule is O=C(c1cc2c(s1)CCC2)c1cccc2ccsc12. The van der Waals surface area contributed by atoms with Gasteiger partial charge in [0.1, 0.15) is 0 Å². The molecule has 2 aromatic heterocycles. The third-order valence-corrected chi connectivity index (χ3v) is 5.89. The lowest BCUT2D eigenvalue weighted by molar-refractivity contribution is 0.104. The summed E-state index contributed by atoms with van der Waals surface area (Å²) in [6.07, 6.45) is 3.54. The molecule has 4 rings (SSSR count). The van der Waals surface area contributed by atoms with Gasteiger partial charge >= 0.3 is 0 Å². The van der Waals surface area contributed by atoms with Crippen molar-refractivity contribution in [3.05, 3.63) is 56.6 Å². The summed E-state index contributed by atoms with van der Waals surface area (Å²) >= 11 is 3.34. The van der Waals surface area contributed by atoms with Gasteiger partial charge in [0.25, 0.3) is 0 Å². The summed E-state index contributed by atoms with van der Waals surface area (Å²) in [6, 6.07) is 10.2. The molecule has 0 atom stereocenters. The van der Waals surface area contributed by atoms with E-state index in [9.17, 15) is 4.79 Å². The van der Waals surface area contributed by atoms with Crippen molar-refractivity contribution in [1.82, 2.24) is 0 Å². The van der Waals surface area contributed by atoms with Crippen LogP contribution in [0.2, 0.25) is 0 Å². The molecule has 1 aliphatic rings. The number of benzene rings is 1. The van der Waals surface area contributed by atoms with Crippen LogP contribution in [0.4, 0.5) is 0 Å². The molecule has 1 aromatic carbocycles. The molecule has 0 N–H and O–H groups in total. The Hall–Kier alpha value is -1.45. The zero-order valence-corrected chi connectivity index (χ0v) is 11.9. The van der Waals surface area contributed by atoms with Crippen LogP contribution in [0.15, 0.2) is 35.7 Å². The van der Waals surface area contributed by atoms with Crippen LogP contribution in [0, 0.1) is 0 Å². The number of hydrogen-bond donors (Lipinski definition) is 0. The van der Waals surface area contributed by atoms with Gasteiger partial charge in [-0.2, -0.15) is 0 Å². The Morgan fingerprint density at radius 3 is 3.00 bits per heavy atom. The van der Waals surface area contributed by atoms with Gasteiger partial charge in [-0.05, 0) is 53.8 Å². The highest BCUT2D eigenvalue weighted by molar-refractivity contribution is 7.18. The lowest BCUT2D eigenvalue weighted by Gasteiger charge is -2.00. The van der Waals surface area contributed by atoms with Gasteiger partial charge in [-0.15, -0.1) is 22.7 Å². The van der Waals surface area contributed by atoms with Crippen LogP contribution in [-0.2, 0) is 12.8 Å². The molecule has 19 heavy (non-hydrogen) atoms. The summed E-state index contributed by atoms with van der Waals surface area (Å²) in [5.74, 6) is 0.187. The van der Waals surface area contributed by atoms with E-state index >= 15 is 0 Å². The third kappa shape index (κ3) is 1.77. The first kappa shape index (κ1) is 11.4. The molecule has 3 heteroatoms. The number of carbonyl (C=O) groups is 1. The minimum absolute atomic E-state index is 0.187. The molecule has 0 radical (unpaired) electrons. The van der Waals surface area contributed by atoms with Crippen molar-refractivity contribution >= 4 is 38.5 Å². The second-order valence-corrected chi connectivity index (χ2v) is 6.94. The third-order valence-electron chi connectivity index (χ3n) is 3.69. The molecule has 0 saturated carbocycles. The first-order valence-electron chi connectivity index (χ1n) is 6.45. The molecule has 0 aliphatic heterocycles. The van der Waals surface area contributed by atoms with E-state index < -0.39 is 0 Å². The molecule has 0 fully saturated rings. The van der Waals surface area contributed by atoms with Gasteiger partial charge in [0.05, 0.1) is 4.88 Å². The average Bonchev–Trinajstić information content (AvgIpc) is 3.11. The molecule has 0 amide bonds. The van der Waals surface area contributed by atoms with E-state index in [1.54, 1.807) is 22.7 Å². The van der Waals surface area contributed by atoms with Gasteiger partial charge in [0, 0.05) is 15.1 Å². The Bertz CT molecular complexity index is 758. The first-order chi connectivity index (χ1) is 9.33. The maximum Gasteiger partial charge on any atom is 0.204 e. The van der Waals surface area contributed by atoms with Crippen molar-refractivity contribution in [2.24, 2.45) is 0 Å². The Kier molecular flexibility index (Phi) is 2.57. The first-order valence-corrected chi connectivity index (χ1v) is 8.15. The molecule has 2 heterocycles. The van der Waals surface area contributed by atoms with Crippen molar-refractivity contribution in [3.63, 3.8) is 0 Å². The molecule has 94 valence electrons. The molecular weight excluding hydrogens is 272 g/mol. The minimum Gasteiger partial charge on any atom is -0.288 e. The van der Waals surface area contributed by atoms with Gasteiger partial charge in [-0.3, -0.25) is 4.79 Å². The number of fused-ring (bicyclic) bond motifs is 2. The number of thiophene rings is 2. The maximum atomic E-state index is 12.7. The second-order valence-electron chi connectivity index (χ2n) is 4.89. The molecule has 0 saturated heterocycles. The zero-order valence-electron chi connectivity index (χ0n) is 10.3. The summed E-state index contributed by atoms with van der Waals surface area (Å²) in [5.41, 5.74) is 2.25. The van der Waals surface area contributed by atoms with Crippen LogP contribution in [0.25, 0.3) is 10.1 Å². The standard InChI is InChI=1S/C16H12OS2/c17-15(14-9-11-4-2-6-13(11)19-14)12-5-1-3-10-7-8-18-16(10)12/h1,3,5,7-9H,2,4,6H2. The Morgan fingerprint density at radius 1 is 1.16 bits per heavy atom. The Labute approximate surface area is 119 Å². The van der Waals surface area contributed by atoms with E-state index in [1.165, 1.54) is 22.2 Å². The summed E-state index contributed by atoms with van der Waals surface area (Å²) in [6.45, 7) is 0. The highest BCUT2D eigenvalue weighted by Crippen LogP contribution is 2.33. The van der Waals surface area contributed by atoms with Crippen molar-refractivity contribution in [2.75, 3.05) is 0 Å². The van der Waals surface area contributed by atoms with Gasteiger partial charge < -0.3 is 0 Å². The van der Waals surface area contributed by atoms with E-state index in [0.717, 1.165) is 28.0 Å². The molecule has 1 nitrogen and oxygen atoms in total. The summed E-state index contributed by atoms with van der Waals surface area (Å²) < 4.78 is 1.11. The summed E-state index contributed by atoms with van der Waals surface area (Å²) in [7, 11) is 0. The van der Waals surface area contributed by atoms with E-state index in [1.807, 2.05) is 12.1 Å². The van der Waals surface area contributed by atoms with Crippen LogP contribution >= 0.6 is 22.7 Å². The minimum atomic E-state index is 0.187. The largest absolute Gasteiger partial charge is 0.288 e. The van der Waals surface area contributed by atoms with Gasteiger partial charge in [-0.25, -0.2) is 0 Å². The van der Waals surface area contributed by atoms with Crippen molar-refractivity contribution < 1.29 is 4.79 Å². The number of hydrogen-bond acceptors (Lipinski definition) is 3. The predicted molar refractivity (Wildman–Crippen MR) is 81.6 cm³/mol. The van der Waals surface area contributed by atoms with Crippen LogP contribution in [0.3, 0.4) is 0 Å². The fraction of sp³-hybridized carbons (Fsp3) is 0.188. The molecule has 0 spiro atoms. The second kappa shape index (κ2) is 4.29. The van der Waals surface area contributed by atoms with E-state index in [0.29, 0.717) is 0 Å². The Balaban J connectivity index is 1.82. The van der Waals surface area contributed by atoms with Crippen LogP contribution < -0.4 is 0 Å². The normalized spacial score (nSPS) is 13.9. The van der Waals surface area contributed by atoms with E-state index in [2.05, 4.69) is 23.6 Å². The smallest absolute Gasteiger partial charge is 0.204 e. The number of carbonyl (C=O) groups excluding carboxylic acids is 1. The summed E-state index contributed by atoms with van der Waals surface area (Å²) in [5, 5.41) is 3.22. The van der Waals surface area contributed by atoms with E-state index in [4.69, 9.17) is 0 Å². The van der Waals surface area contributed by atoms with Crippen molar-refractivity contribution in [2.45, 2.75) is 19.3 Å². The molecule has 0 bridgehead atoms. The highest BCUT2D eigenvalue weighted by atomic mass is 32.1. The van der Waals surface area contributed by atoms with E-state index in [-0.39, 0.29) is 5.78 Å². The zero-order chi connectivity index (χ0) is 12.8. The molecule has 3 aromatic rings. The van der Waals surface area contributed by atoms with Crippen molar-refractivity contribution in [1.29, 1.82) is 0 Å². The quantitative estimate of drug-likeness (QED) is 0.624. The number of aryl methyl sites for hydroxylation is 2. The lowest BCUT2D eigenvalue weighted by Crippen LogP contribution is -1.98. The lowest BCUT2D eigenvalue weighted by atomic mass is 10.1. The maximum absolute atomic E-state index is 12.7. The Morgan fingerprint density at radius 2 is 2.11 bits per heavy atom. The fourth-order valence-corrected chi connectivity index (χ4v) is 4.86. The van der Waals surface area contributed by atoms with Crippen LogP contribution in [0.5, 0.6) is 0 Å². The molecular formula is C16H12OS2. The molecule has 0 unspecified atom stereocenters. The average molecular weight is 284 g/mol. The highest BCUT2D eigenvalue weighted by Gasteiger charge is 2.20. The number of rotatable bonds is 2.